The number of aliphatic hydroxyl groups excluding tert-OH is 1. The van der Waals surface area contributed by atoms with Gasteiger partial charge in [-0.05, 0) is 37.5 Å². The van der Waals surface area contributed by atoms with Crippen molar-refractivity contribution in [3.05, 3.63) is 24.3 Å². The lowest BCUT2D eigenvalue weighted by Crippen LogP contribution is -2.24. The molecule has 2 rings (SSSR count). The molecular weight excluding hydrogens is 184 g/mol. The molecule has 0 amide bonds. The second-order valence-electron chi connectivity index (χ2n) is 5.35. The first-order valence-corrected chi connectivity index (χ1v) is 6.14. The van der Waals surface area contributed by atoms with Crippen LogP contribution < -0.4 is 0 Å². The molecule has 0 radical (unpaired) electrons. The van der Waals surface area contributed by atoms with E-state index in [4.69, 9.17) is 0 Å². The van der Waals surface area contributed by atoms with Crippen LogP contribution in [-0.4, -0.2) is 11.2 Å². The predicted molar refractivity (Wildman–Crippen MR) is 63.5 cm³/mol. The van der Waals surface area contributed by atoms with E-state index < -0.39 is 0 Å². The number of fused-ring (bicyclic) bond motifs is 2. The summed E-state index contributed by atoms with van der Waals surface area (Å²) in [6, 6.07) is 0. The summed E-state index contributed by atoms with van der Waals surface area (Å²) in [5, 5.41) is 9.57. The van der Waals surface area contributed by atoms with Crippen LogP contribution in [0, 0.1) is 17.3 Å². The van der Waals surface area contributed by atoms with Crippen molar-refractivity contribution < 1.29 is 5.11 Å². The maximum Gasteiger partial charge on any atom is 0.0718 e. The normalized spacial score (nSPS) is 41.7. The van der Waals surface area contributed by atoms with Crippen LogP contribution in [0.4, 0.5) is 0 Å². The van der Waals surface area contributed by atoms with Crippen molar-refractivity contribution in [1.29, 1.82) is 0 Å². The summed E-state index contributed by atoms with van der Waals surface area (Å²) in [5.41, 5.74) is 1.57. The quantitative estimate of drug-likeness (QED) is 0.702. The third-order valence-electron chi connectivity index (χ3n) is 4.55. The standard InChI is InChI=1S/C14H22O/c1-4-13(15)7-8-14(3)10(2)11-5-6-12(14)9-11/h7-8,11-13,15H,2,4-6,9H2,1,3H3. The molecule has 2 fully saturated rings. The molecule has 2 bridgehead atoms. The lowest BCUT2D eigenvalue weighted by Gasteiger charge is -2.33. The highest BCUT2D eigenvalue weighted by Gasteiger charge is 2.49. The lowest BCUT2D eigenvalue weighted by atomic mass is 9.71. The Labute approximate surface area is 92.9 Å². The third-order valence-corrected chi connectivity index (χ3v) is 4.55. The van der Waals surface area contributed by atoms with Crippen molar-refractivity contribution in [2.75, 3.05) is 0 Å². The van der Waals surface area contributed by atoms with Crippen molar-refractivity contribution in [2.45, 2.75) is 45.6 Å². The van der Waals surface area contributed by atoms with Gasteiger partial charge in [0.2, 0.25) is 0 Å². The van der Waals surface area contributed by atoms with Gasteiger partial charge in [-0.2, -0.15) is 0 Å². The van der Waals surface area contributed by atoms with Gasteiger partial charge < -0.3 is 5.11 Å². The van der Waals surface area contributed by atoms with Crippen molar-refractivity contribution in [2.24, 2.45) is 17.3 Å². The van der Waals surface area contributed by atoms with E-state index in [0.29, 0.717) is 0 Å². The molecule has 2 aliphatic carbocycles. The fourth-order valence-electron chi connectivity index (χ4n) is 3.23. The maximum atomic E-state index is 9.57. The zero-order valence-corrected chi connectivity index (χ0v) is 9.87. The first-order chi connectivity index (χ1) is 7.08. The van der Waals surface area contributed by atoms with Crippen molar-refractivity contribution in [1.82, 2.24) is 0 Å². The fraction of sp³-hybridized carbons (Fsp3) is 0.714. The second kappa shape index (κ2) is 3.79. The monoisotopic (exact) mass is 206 g/mol. The summed E-state index contributed by atoms with van der Waals surface area (Å²) in [6.07, 6.45) is 8.69. The summed E-state index contributed by atoms with van der Waals surface area (Å²) in [7, 11) is 0. The summed E-state index contributed by atoms with van der Waals surface area (Å²) in [5.74, 6) is 1.53. The summed E-state index contributed by atoms with van der Waals surface area (Å²) in [6.45, 7) is 8.56. The lowest BCUT2D eigenvalue weighted by molar-refractivity contribution is 0.216. The molecule has 0 spiro atoms. The Morgan fingerprint density at radius 1 is 1.60 bits per heavy atom. The molecule has 15 heavy (non-hydrogen) atoms. The molecule has 0 aromatic rings. The molecule has 1 heteroatoms. The van der Waals surface area contributed by atoms with Gasteiger partial charge in [0, 0.05) is 5.41 Å². The molecule has 0 heterocycles. The average Bonchev–Trinajstić information content (AvgIpc) is 2.80. The Morgan fingerprint density at radius 3 is 2.87 bits per heavy atom. The van der Waals surface area contributed by atoms with Crippen LogP contribution in [0.5, 0.6) is 0 Å². The van der Waals surface area contributed by atoms with Gasteiger partial charge >= 0.3 is 0 Å². The first-order valence-electron chi connectivity index (χ1n) is 6.14. The van der Waals surface area contributed by atoms with E-state index in [1.807, 2.05) is 13.0 Å². The molecule has 4 unspecified atom stereocenters. The molecule has 1 N–H and O–H groups in total. The third kappa shape index (κ3) is 1.67. The number of hydrogen-bond acceptors (Lipinski definition) is 1. The van der Waals surface area contributed by atoms with Gasteiger partial charge in [-0.3, -0.25) is 0 Å². The van der Waals surface area contributed by atoms with Gasteiger partial charge in [0.25, 0.3) is 0 Å². The SMILES string of the molecule is C=C1C2CCC(C2)C1(C)C=CC(O)CC. The van der Waals surface area contributed by atoms with Crippen LogP contribution in [0.25, 0.3) is 0 Å². The Kier molecular flexibility index (Phi) is 2.76. The first kappa shape index (κ1) is 10.9. The topological polar surface area (TPSA) is 20.2 Å². The van der Waals surface area contributed by atoms with E-state index >= 15 is 0 Å². The van der Waals surface area contributed by atoms with Gasteiger partial charge in [-0.15, -0.1) is 0 Å². The average molecular weight is 206 g/mol. The number of aliphatic hydroxyl groups is 1. The van der Waals surface area contributed by atoms with Crippen molar-refractivity contribution in [3.63, 3.8) is 0 Å². The Bertz CT molecular complexity index is 292. The number of hydrogen-bond donors (Lipinski definition) is 1. The zero-order valence-electron chi connectivity index (χ0n) is 9.87. The van der Waals surface area contributed by atoms with Crippen LogP contribution in [0.15, 0.2) is 24.3 Å². The van der Waals surface area contributed by atoms with Crippen LogP contribution >= 0.6 is 0 Å². The van der Waals surface area contributed by atoms with Gasteiger partial charge in [0.1, 0.15) is 0 Å². The van der Waals surface area contributed by atoms with E-state index in [9.17, 15) is 5.11 Å². The van der Waals surface area contributed by atoms with Crippen LogP contribution in [-0.2, 0) is 0 Å². The minimum atomic E-state index is -0.284. The van der Waals surface area contributed by atoms with E-state index in [-0.39, 0.29) is 11.5 Å². The molecule has 2 aliphatic rings. The predicted octanol–water partition coefficient (Wildman–Crippen LogP) is 3.31. The Morgan fingerprint density at radius 2 is 2.33 bits per heavy atom. The Hall–Kier alpha value is -0.560. The van der Waals surface area contributed by atoms with Crippen molar-refractivity contribution in [3.8, 4) is 0 Å². The van der Waals surface area contributed by atoms with E-state index in [1.54, 1.807) is 0 Å². The van der Waals surface area contributed by atoms with Gasteiger partial charge in [0.15, 0.2) is 0 Å². The smallest absolute Gasteiger partial charge is 0.0718 e. The van der Waals surface area contributed by atoms with Gasteiger partial charge in [0.05, 0.1) is 6.10 Å². The van der Waals surface area contributed by atoms with E-state index in [2.05, 4.69) is 19.6 Å². The molecule has 4 atom stereocenters. The summed E-state index contributed by atoms with van der Waals surface area (Å²) >= 11 is 0. The van der Waals surface area contributed by atoms with E-state index in [1.165, 1.54) is 24.8 Å². The minimum absolute atomic E-state index is 0.166. The zero-order chi connectivity index (χ0) is 11.1. The summed E-state index contributed by atoms with van der Waals surface area (Å²) < 4.78 is 0. The molecular formula is C14H22O. The van der Waals surface area contributed by atoms with E-state index in [0.717, 1.165) is 18.3 Å². The minimum Gasteiger partial charge on any atom is -0.389 e. The molecule has 0 aromatic heterocycles. The van der Waals surface area contributed by atoms with Crippen LogP contribution in [0.2, 0.25) is 0 Å². The highest BCUT2D eigenvalue weighted by molar-refractivity contribution is 5.30. The fourth-order valence-corrected chi connectivity index (χ4v) is 3.23. The highest BCUT2D eigenvalue weighted by atomic mass is 16.3. The van der Waals surface area contributed by atoms with Crippen molar-refractivity contribution >= 4 is 0 Å². The number of allylic oxidation sites excluding steroid dienone is 2. The van der Waals surface area contributed by atoms with Crippen LogP contribution in [0.3, 0.4) is 0 Å². The van der Waals surface area contributed by atoms with Gasteiger partial charge in [-0.1, -0.05) is 38.2 Å². The maximum absolute atomic E-state index is 9.57. The number of rotatable bonds is 3. The molecule has 0 aliphatic heterocycles. The second-order valence-corrected chi connectivity index (χ2v) is 5.35. The summed E-state index contributed by atoms with van der Waals surface area (Å²) in [4.78, 5) is 0. The molecule has 0 aromatic carbocycles. The molecule has 84 valence electrons. The Balaban J connectivity index is 2.13. The van der Waals surface area contributed by atoms with Crippen LogP contribution in [0.1, 0.15) is 39.5 Å². The molecule has 1 nitrogen and oxygen atoms in total. The van der Waals surface area contributed by atoms with Gasteiger partial charge in [-0.25, -0.2) is 0 Å². The molecule has 2 saturated carbocycles. The molecule has 0 saturated heterocycles. The largest absolute Gasteiger partial charge is 0.389 e. The highest BCUT2D eigenvalue weighted by Crippen LogP contribution is 2.59.